The summed E-state index contributed by atoms with van der Waals surface area (Å²) in [6.45, 7) is 0.361. The summed E-state index contributed by atoms with van der Waals surface area (Å²) < 4.78 is 0. The van der Waals surface area contributed by atoms with Gasteiger partial charge >= 0.3 is 0 Å². The van der Waals surface area contributed by atoms with Gasteiger partial charge in [-0.25, -0.2) is 0 Å². The number of imide groups is 1. The number of carbonyl (C=O) groups excluding carboxylic acids is 2. The zero-order chi connectivity index (χ0) is 12.3. The Labute approximate surface area is 97.8 Å². The zero-order valence-electron chi connectivity index (χ0n) is 9.14. The minimum absolute atomic E-state index is 0.241. The monoisotopic (exact) mass is 235 g/mol. The lowest BCUT2D eigenvalue weighted by molar-refractivity contribution is -0.133. The van der Waals surface area contributed by atoms with Crippen LogP contribution in [-0.4, -0.2) is 28.1 Å². The Morgan fingerprint density at radius 3 is 3.06 bits per heavy atom. The molecule has 1 aromatic heterocycles. The van der Waals surface area contributed by atoms with Gasteiger partial charge in [0.15, 0.2) is 0 Å². The molecule has 1 atom stereocenters. The van der Waals surface area contributed by atoms with Crippen molar-refractivity contribution in [1.29, 1.82) is 0 Å². The van der Waals surface area contributed by atoms with Gasteiger partial charge in [0.25, 0.3) is 0 Å². The Kier molecular flexibility index (Phi) is 3.29. The maximum Gasteiger partial charge on any atom is 0.249 e. The average Bonchev–Trinajstić information content (AvgIpc) is 2.33. The number of amides is 2. The number of anilines is 1. The van der Waals surface area contributed by atoms with Crippen LogP contribution in [0.5, 0.6) is 0 Å². The van der Waals surface area contributed by atoms with E-state index in [4.69, 9.17) is 5.73 Å². The number of carbonyl (C=O) groups is 2. The lowest BCUT2D eigenvalue weighted by atomic mass is 10.1. The van der Waals surface area contributed by atoms with Gasteiger partial charge in [-0.1, -0.05) is 0 Å². The number of piperidine rings is 1. The summed E-state index contributed by atoms with van der Waals surface area (Å²) in [6, 6.07) is 1.28. The number of hydrogen-bond donors (Lipinski definition) is 3. The summed E-state index contributed by atoms with van der Waals surface area (Å²) in [4.78, 5) is 22.5. The van der Waals surface area contributed by atoms with Crippen LogP contribution in [0.1, 0.15) is 18.4 Å². The van der Waals surface area contributed by atoms with Crippen LogP contribution in [0.2, 0.25) is 0 Å². The van der Waals surface area contributed by atoms with Gasteiger partial charge in [0.05, 0.1) is 6.20 Å². The molecule has 2 rings (SSSR count). The van der Waals surface area contributed by atoms with Gasteiger partial charge in [-0.2, -0.15) is 5.10 Å². The van der Waals surface area contributed by atoms with Crippen LogP contribution < -0.4 is 16.4 Å². The highest BCUT2D eigenvalue weighted by molar-refractivity contribution is 6.01. The van der Waals surface area contributed by atoms with E-state index in [2.05, 4.69) is 20.8 Å². The smallest absolute Gasteiger partial charge is 0.249 e. The molecular weight excluding hydrogens is 222 g/mol. The first-order valence-electron chi connectivity index (χ1n) is 5.31. The number of hydrogen-bond acceptors (Lipinski definition) is 6. The molecule has 4 N–H and O–H groups in total. The quantitative estimate of drug-likeness (QED) is 0.589. The van der Waals surface area contributed by atoms with Gasteiger partial charge in [-0.3, -0.25) is 14.9 Å². The maximum absolute atomic E-state index is 11.5. The zero-order valence-corrected chi connectivity index (χ0v) is 9.14. The number of nitrogens with two attached hydrogens (primary N) is 1. The molecule has 0 radical (unpaired) electrons. The van der Waals surface area contributed by atoms with Gasteiger partial charge in [-0.15, -0.1) is 5.10 Å². The Morgan fingerprint density at radius 2 is 2.35 bits per heavy atom. The highest BCUT2D eigenvalue weighted by Crippen LogP contribution is 2.11. The third-order valence-corrected chi connectivity index (χ3v) is 2.51. The SMILES string of the molecule is NCc1cnnc(NC2CCC(=O)NC2=O)c1. The number of aromatic nitrogens is 2. The molecular formula is C10H13N5O2. The van der Waals surface area contributed by atoms with E-state index in [1.54, 1.807) is 12.3 Å². The van der Waals surface area contributed by atoms with E-state index in [1.807, 2.05) is 0 Å². The molecule has 0 saturated carbocycles. The van der Waals surface area contributed by atoms with Gasteiger partial charge in [0.1, 0.15) is 11.9 Å². The summed E-state index contributed by atoms with van der Waals surface area (Å²) in [6.07, 6.45) is 2.35. The van der Waals surface area contributed by atoms with Crippen LogP contribution in [0.15, 0.2) is 12.3 Å². The normalized spacial score (nSPS) is 19.9. The van der Waals surface area contributed by atoms with E-state index in [1.165, 1.54) is 0 Å². The predicted molar refractivity (Wildman–Crippen MR) is 59.7 cm³/mol. The molecule has 90 valence electrons. The molecule has 1 unspecified atom stereocenters. The lowest BCUT2D eigenvalue weighted by Gasteiger charge is -2.22. The fraction of sp³-hybridized carbons (Fsp3) is 0.400. The standard InChI is InChI=1S/C10H13N5O2/c11-4-6-3-8(15-12-5-6)13-7-1-2-9(16)14-10(7)17/h3,5,7H,1-2,4,11H2,(H,13,15)(H,14,16,17). The Morgan fingerprint density at radius 1 is 1.53 bits per heavy atom. The Bertz CT molecular complexity index is 448. The summed E-state index contributed by atoms with van der Waals surface area (Å²) in [5.74, 6) is -0.0847. The van der Waals surface area contributed by atoms with E-state index in [0.717, 1.165) is 5.56 Å². The van der Waals surface area contributed by atoms with Crippen LogP contribution in [0.4, 0.5) is 5.82 Å². The lowest BCUT2D eigenvalue weighted by Crippen LogP contribution is -2.47. The van der Waals surface area contributed by atoms with Crippen molar-refractivity contribution in [2.45, 2.75) is 25.4 Å². The molecule has 1 aliphatic heterocycles. The molecule has 1 aliphatic rings. The average molecular weight is 235 g/mol. The van der Waals surface area contributed by atoms with E-state index in [9.17, 15) is 9.59 Å². The van der Waals surface area contributed by atoms with Crippen LogP contribution in [0.3, 0.4) is 0 Å². The fourth-order valence-electron chi connectivity index (χ4n) is 1.60. The van der Waals surface area contributed by atoms with Crippen molar-refractivity contribution in [3.8, 4) is 0 Å². The summed E-state index contributed by atoms with van der Waals surface area (Å²) in [7, 11) is 0. The molecule has 0 spiro atoms. The first kappa shape index (κ1) is 11.5. The van der Waals surface area contributed by atoms with Crippen LogP contribution in [0.25, 0.3) is 0 Å². The van der Waals surface area contributed by atoms with Crippen LogP contribution in [0, 0.1) is 0 Å². The van der Waals surface area contributed by atoms with Gasteiger partial charge in [0.2, 0.25) is 11.8 Å². The minimum Gasteiger partial charge on any atom is -0.357 e. The summed E-state index contributed by atoms with van der Waals surface area (Å²) in [5, 5.41) is 12.8. The molecule has 17 heavy (non-hydrogen) atoms. The van der Waals surface area contributed by atoms with Crippen molar-refractivity contribution in [2.24, 2.45) is 5.73 Å². The molecule has 1 fully saturated rings. The van der Waals surface area contributed by atoms with Crippen LogP contribution in [-0.2, 0) is 16.1 Å². The van der Waals surface area contributed by atoms with Crippen molar-refractivity contribution in [1.82, 2.24) is 15.5 Å². The molecule has 1 saturated heterocycles. The van der Waals surface area contributed by atoms with Gasteiger partial charge < -0.3 is 11.1 Å². The number of rotatable bonds is 3. The number of nitrogens with zero attached hydrogens (tertiary/aromatic N) is 2. The van der Waals surface area contributed by atoms with Gasteiger partial charge in [-0.05, 0) is 18.1 Å². The highest BCUT2D eigenvalue weighted by atomic mass is 16.2. The van der Waals surface area contributed by atoms with Crippen LogP contribution >= 0.6 is 0 Å². The third kappa shape index (κ3) is 2.76. The third-order valence-electron chi connectivity index (χ3n) is 2.51. The minimum atomic E-state index is -0.449. The second-order valence-electron chi connectivity index (χ2n) is 3.80. The number of nitrogens with one attached hydrogen (secondary N) is 2. The maximum atomic E-state index is 11.5. The van der Waals surface area contributed by atoms with E-state index in [0.29, 0.717) is 25.2 Å². The largest absolute Gasteiger partial charge is 0.357 e. The van der Waals surface area contributed by atoms with Crippen molar-refractivity contribution in [2.75, 3.05) is 5.32 Å². The van der Waals surface area contributed by atoms with Crippen molar-refractivity contribution in [3.63, 3.8) is 0 Å². The van der Waals surface area contributed by atoms with Crippen molar-refractivity contribution < 1.29 is 9.59 Å². The van der Waals surface area contributed by atoms with E-state index in [-0.39, 0.29) is 11.8 Å². The summed E-state index contributed by atoms with van der Waals surface area (Å²) in [5.41, 5.74) is 6.31. The molecule has 2 heterocycles. The molecule has 0 bridgehead atoms. The van der Waals surface area contributed by atoms with E-state index >= 15 is 0 Å². The topological polar surface area (TPSA) is 110 Å². The molecule has 0 aromatic carbocycles. The molecule has 7 nitrogen and oxygen atoms in total. The Balaban J connectivity index is 2.05. The second-order valence-corrected chi connectivity index (χ2v) is 3.80. The molecule has 0 aliphatic carbocycles. The Hall–Kier alpha value is -2.02. The first-order chi connectivity index (χ1) is 8.19. The first-order valence-corrected chi connectivity index (χ1v) is 5.31. The molecule has 2 amide bonds. The van der Waals surface area contributed by atoms with Gasteiger partial charge in [0, 0.05) is 13.0 Å². The highest BCUT2D eigenvalue weighted by Gasteiger charge is 2.26. The van der Waals surface area contributed by atoms with Crippen molar-refractivity contribution >= 4 is 17.6 Å². The summed E-state index contributed by atoms with van der Waals surface area (Å²) >= 11 is 0. The van der Waals surface area contributed by atoms with E-state index < -0.39 is 6.04 Å². The van der Waals surface area contributed by atoms with Crippen molar-refractivity contribution in [3.05, 3.63) is 17.8 Å². The predicted octanol–water partition coefficient (Wildman–Crippen LogP) is -0.848. The second kappa shape index (κ2) is 4.88. The molecule has 7 heteroatoms. The fourth-order valence-corrected chi connectivity index (χ4v) is 1.60. The molecule has 1 aromatic rings.